The highest BCUT2D eigenvalue weighted by Gasteiger charge is 2.25. The van der Waals surface area contributed by atoms with Gasteiger partial charge in [-0.1, -0.05) is 27.7 Å². The van der Waals surface area contributed by atoms with E-state index in [0.717, 1.165) is 17.6 Å². The number of nitrogens with two attached hydrogens (primary N) is 1. The van der Waals surface area contributed by atoms with Gasteiger partial charge in [-0.25, -0.2) is 4.98 Å². The van der Waals surface area contributed by atoms with Gasteiger partial charge in [0.25, 0.3) is 0 Å². The van der Waals surface area contributed by atoms with Gasteiger partial charge in [0.05, 0.1) is 11.0 Å². The number of fused-ring (bicyclic) bond motifs is 1. The number of nitrogen functional groups attached to an aromatic ring is 1. The smallest absolute Gasteiger partial charge is 0.135 e. The second-order valence-corrected chi connectivity index (χ2v) is 6.16. The maximum atomic E-state index is 9.51. The van der Waals surface area contributed by atoms with Crippen LogP contribution in [0.1, 0.15) is 33.5 Å². The fraction of sp³-hybridized carbons (Fsp3) is 0.533. The Hall–Kier alpha value is -1.55. The molecule has 0 aliphatic carbocycles. The number of imidazole rings is 1. The van der Waals surface area contributed by atoms with Crippen LogP contribution in [0.15, 0.2) is 18.2 Å². The molecule has 0 amide bonds. The lowest BCUT2D eigenvalue weighted by Gasteiger charge is -2.30. The molecule has 2 aromatic rings. The molecule has 1 aromatic heterocycles. The van der Waals surface area contributed by atoms with E-state index in [1.807, 2.05) is 18.2 Å². The zero-order chi connectivity index (χ0) is 14.2. The van der Waals surface area contributed by atoms with Gasteiger partial charge in [-0.05, 0) is 29.5 Å². The summed E-state index contributed by atoms with van der Waals surface area (Å²) in [7, 11) is 0. The molecular weight excluding hydrogens is 238 g/mol. The largest absolute Gasteiger partial charge is 0.399 e. The molecule has 0 saturated carbocycles. The molecule has 1 aromatic carbocycles. The molecule has 0 fully saturated rings. The zero-order valence-electron chi connectivity index (χ0n) is 12.1. The normalized spacial score (nSPS) is 12.5. The quantitative estimate of drug-likeness (QED) is 0.832. The van der Waals surface area contributed by atoms with Crippen molar-refractivity contribution < 1.29 is 5.11 Å². The Morgan fingerprint density at radius 1 is 1.37 bits per heavy atom. The van der Waals surface area contributed by atoms with Gasteiger partial charge in [0, 0.05) is 12.2 Å². The predicted molar refractivity (Wildman–Crippen MR) is 78.7 cm³/mol. The monoisotopic (exact) mass is 261 g/mol. The number of nitrogens with zero attached hydrogens (tertiary/aromatic N) is 2. The molecule has 4 heteroatoms. The Morgan fingerprint density at radius 3 is 2.63 bits per heavy atom. The van der Waals surface area contributed by atoms with Gasteiger partial charge in [-0.15, -0.1) is 0 Å². The number of hydrogen-bond donors (Lipinski definition) is 2. The number of hydrogen-bond acceptors (Lipinski definition) is 3. The molecule has 0 unspecified atom stereocenters. The van der Waals surface area contributed by atoms with Crippen molar-refractivity contribution in [2.45, 2.75) is 40.8 Å². The van der Waals surface area contributed by atoms with Crippen LogP contribution >= 0.6 is 0 Å². The Labute approximate surface area is 114 Å². The second-order valence-electron chi connectivity index (χ2n) is 6.16. The predicted octanol–water partition coefficient (Wildman–Crippen LogP) is 2.79. The first-order chi connectivity index (χ1) is 8.85. The first-order valence-electron chi connectivity index (χ1n) is 6.70. The van der Waals surface area contributed by atoms with E-state index >= 15 is 0 Å². The van der Waals surface area contributed by atoms with E-state index in [1.165, 1.54) is 0 Å². The van der Waals surface area contributed by atoms with Crippen LogP contribution < -0.4 is 5.73 Å². The van der Waals surface area contributed by atoms with Crippen LogP contribution in [0.25, 0.3) is 11.0 Å². The molecule has 4 nitrogen and oxygen atoms in total. The van der Waals surface area contributed by atoms with Gasteiger partial charge in [0.1, 0.15) is 12.4 Å². The van der Waals surface area contributed by atoms with Gasteiger partial charge in [-0.2, -0.15) is 0 Å². The summed E-state index contributed by atoms with van der Waals surface area (Å²) in [6.45, 7) is 9.69. The number of aliphatic hydroxyl groups is 1. The summed E-state index contributed by atoms with van der Waals surface area (Å²) in [6, 6.07) is 5.71. The summed E-state index contributed by atoms with van der Waals surface area (Å²) in [5, 5.41) is 9.51. The topological polar surface area (TPSA) is 64.1 Å². The van der Waals surface area contributed by atoms with Gasteiger partial charge in [-0.3, -0.25) is 0 Å². The highest BCUT2D eigenvalue weighted by Crippen LogP contribution is 2.31. The molecule has 2 rings (SSSR count). The van der Waals surface area contributed by atoms with Crippen LogP contribution in [0.2, 0.25) is 0 Å². The van der Waals surface area contributed by atoms with Crippen molar-refractivity contribution in [1.82, 2.24) is 9.55 Å². The minimum absolute atomic E-state index is 0.0528. The van der Waals surface area contributed by atoms with Crippen LogP contribution in [-0.4, -0.2) is 14.7 Å². The summed E-state index contributed by atoms with van der Waals surface area (Å²) in [5.74, 6) is 1.25. The Kier molecular flexibility index (Phi) is 3.54. The maximum absolute atomic E-state index is 9.51. The number of rotatable bonds is 4. The van der Waals surface area contributed by atoms with Crippen molar-refractivity contribution in [2.75, 3.05) is 5.73 Å². The average molecular weight is 261 g/mol. The first kappa shape index (κ1) is 13.9. The van der Waals surface area contributed by atoms with Crippen LogP contribution in [0.5, 0.6) is 0 Å². The number of aromatic nitrogens is 2. The van der Waals surface area contributed by atoms with Crippen molar-refractivity contribution in [3.05, 3.63) is 24.0 Å². The van der Waals surface area contributed by atoms with E-state index in [2.05, 4.69) is 37.2 Å². The third-order valence-electron chi connectivity index (χ3n) is 4.12. The first-order valence-corrected chi connectivity index (χ1v) is 6.70. The second kappa shape index (κ2) is 4.85. The molecule has 19 heavy (non-hydrogen) atoms. The third kappa shape index (κ3) is 2.59. The molecule has 0 aliphatic heterocycles. The summed E-state index contributed by atoms with van der Waals surface area (Å²) in [4.78, 5) is 4.47. The molecule has 3 N–H and O–H groups in total. The molecule has 0 atom stereocenters. The minimum atomic E-state index is -0.0528. The molecule has 1 heterocycles. The molecule has 0 spiro atoms. The lowest BCUT2D eigenvalue weighted by molar-refractivity contribution is 0.200. The standard InChI is InChI=1S/C15H23N3O/c1-10(2)15(3,4)9-18-13-6-5-11(16)7-12(13)17-14(18)8-19/h5-7,10,19H,8-9,16H2,1-4H3. The fourth-order valence-corrected chi connectivity index (χ4v) is 2.08. The number of benzene rings is 1. The van der Waals surface area contributed by atoms with Crippen molar-refractivity contribution in [3.8, 4) is 0 Å². The highest BCUT2D eigenvalue weighted by atomic mass is 16.3. The number of aliphatic hydroxyl groups excluding tert-OH is 1. The van der Waals surface area contributed by atoms with E-state index < -0.39 is 0 Å². The number of anilines is 1. The van der Waals surface area contributed by atoms with Crippen LogP contribution in [-0.2, 0) is 13.2 Å². The average Bonchev–Trinajstić information content (AvgIpc) is 2.65. The van der Waals surface area contributed by atoms with Crippen LogP contribution in [0, 0.1) is 11.3 Å². The van der Waals surface area contributed by atoms with E-state index in [9.17, 15) is 5.11 Å². The van der Waals surface area contributed by atoms with Crippen LogP contribution in [0.3, 0.4) is 0 Å². The SMILES string of the molecule is CC(C)C(C)(C)Cn1c(CO)nc2cc(N)ccc21. The summed E-state index contributed by atoms with van der Waals surface area (Å²) in [5.41, 5.74) is 8.51. The molecule has 0 aliphatic rings. The molecule has 0 saturated heterocycles. The van der Waals surface area contributed by atoms with Crippen molar-refractivity contribution in [1.29, 1.82) is 0 Å². The maximum Gasteiger partial charge on any atom is 0.135 e. The van der Waals surface area contributed by atoms with Gasteiger partial charge in [0.2, 0.25) is 0 Å². The van der Waals surface area contributed by atoms with Gasteiger partial charge in [0.15, 0.2) is 0 Å². The molecular formula is C15H23N3O. The minimum Gasteiger partial charge on any atom is -0.399 e. The van der Waals surface area contributed by atoms with Crippen LogP contribution in [0.4, 0.5) is 5.69 Å². The van der Waals surface area contributed by atoms with E-state index in [0.29, 0.717) is 17.4 Å². The lowest BCUT2D eigenvalue weighted by Crippen LogP contribution is -2.26. The summed E-state index contributed by atoms with van der Waals surface area (Å²) >= 11 is 0. The summed E-state index contributed by atoms with van der Waals surface area (Å²) < 4.78 is 2.11. The highest BCUT2D eigenvalue weighted by molar-refractivity contribution is 5.79. The third-order valence-corrected chi connectivity index (χ3v) is 4.12. The van der Waals surface area contributed by atoms with Crippen molar-refractivity contribution >= 4 is 16.7 Å². The van der Waals surface area contributed by atoms with Gasteiger partial charge >= 0.3 is 0 Å². The van der Waals surface area contributed by atoms with E-state index in [-0.39, 0.29) is 12.0 Å². The molecule has 104 valence electrons. The van der Waals surface area contributed by atoms with Crippen molar-refractivity contribution in [2.24, 2.45) is 11.3 Å². The Morgan fingerprint density at radius 2 is 2.05 bits per heavy atom. The molecule has 0 bridgehead atoms. The van der Waals surface area contributed by atoms with E-state index in [4.69, 9.17) is 5.73 Å². The molecule has 0 radical (unpaired) electrons. The lowest BCUT2D eigenvalue weighted by atomic mass is 9.81. The Balaban J connectivity index is 2.52. The van der Waals surface area contributed by atoms with Crippen molar-refractivity contribution in [3.63, 3.8) is 0 Å². The Bertz CT molecular complexity index is 584. The zero-order valence-corrected chi connectivity index (χ0v) is 12.1. The fourth-order valence-electron chi connectivity index (χ4n) is 2.08. The van der Waals surface area contributed by atoms with E-state index in [1.54, 1.807) is 0 Å². The summed E-state index contributed by atoms with van der Waals surface area (Å²) in [6.07, 6.45) is 0. The van der Waals surface area contributed by atoms with Gasteiger partial charge < -0.3 is 15.4 Å².